The van der Waals surface area contributed by atoms with E-state index in [1.165, 1.54) is 6.92 Å². The van der Waals surface area contributed by atoms with E-state index >= 15 is 0 Å². The van der Waals surface area contributed by atoms with Crippen LogP contribution in [0.4, 0.5) is 0 Å². The van der Waals surface area contributed by atoms with E-state index in [-0.39, 0.29) is 5.97 Å². The van der Waals surface area contributed by atoms with Crippen LogP contribution in [0.3, 0.4) is 0 Å². The summed E-state index contributed by atoms with van der Waals surface area (Å²) in [6.45, 7) is 1.83. The summed E-state index contributed by atoms with van der Waals surface area (Å²) in [5.74, 6) is -0.242. The minimum Gasteiger partial charge on any atom is -0.466 e. The summed E-state index contributed by atoms with van der Waals surface area (Å²) in [4.78, 5) is 10.4. The first-order valence-corrected chi connectivity index (χ1v) is 4.44. The molecule has 0 radical (unpaired) electrons. The van der Waals surface area contributed by atoms with E-state index in [1.54, 1.807) is 0 Å². The second-order valence-electron chi connectivity index (χ2n) is 2.72. The SMILES string of the molecule is CC(=O)OCCc1ccc(Cl)cc1. The van der Waals surface area contributed by atoms with Gasteiger partial charge >= 0.3 is 5.97 Å². The van der Waals surface area contributed by atoms with Gasteiger partial charge in [-0.1, -0.05) is 23.7 Å². The summed E-state index contributed by atoms with van der Waals surface area (Å²) < 4.78 is 4.80. The summed E-state index contributed by atoms with van der Waals surface area (Å²) in [7, 11) is 0. The highest BCUT2D eigenvalue weighted by atomic mass is 35.5. The van der Waals surface area contributed by atoms with Crippen LogP contribution in [0.2, 0.25) is 5.02 Å². The van der Waals surface area contributed by atoms with Gasteiger partial charge in [0, 0.05) is 18.4 Å². The summed E-state index contributed by atoms with van der Waals surface area (Å²) in [5, 5.41) is 0.719. The van der Waals surface area contributed by atoms with Gasteiger partial charge in [-0.3, -0.25) is 4.79 Å². The lowest BCUT2D eigenvalue weighted by Gasteiger charge is -2.01. The maximum absolute atomic E-state index is 10.4. The average molecular weight is 199 g/mol. The first-order valence-electron chi connectivity index (χ1n) is 4.06. The molecular formula is C10H11ClO2. The number of carbonyl (C=O) groups excluding carboxylic acids is 1. The lowest BCUT2D eigenvalue weighted by atomic mass is 10.2. The fourth-order valence-corrected chi connectivity index (χ4v) is 1.09. The number of hydrogen-bond acceptors (Lipinski definition) is 2. The molecule has 3 heteroatoms. The van der Waals surface area contributed by atoms with E-state index < -0.39 is 0 Å². The Morgan fingerprint density at radius 2 is 2.00 bits per heavy atom. The number of carbonyl (C=O) groups is 1. The maximum atomic E-state index is 10.4. The lowest BCUT2D eigenvalue weighted by molar-refractivity contribution is -0.140. The van der Waals surface area contributed by atoms with Gasteiger partial charge in [0.2, 0.25) is 0 Å². The van der Waals surface area contributed by atoms with Crippen LogP contribution in [0.25, 0.3) is 0 Å². The van der Waals surface area contributed by atoms with Gasteiger partial charge < -0.3 is 4.74 Å². The fraction of sp³-hybridized carbons (Fsp3) is 0.300. The van der Waals surface area contributed by atoms with E-state index in [0.717, 1.165) is 17.0 Å². The van der Waals surface area contributed by atoms with Gasteiger partial charge in [-0.2, -0.15) is 0 Å². The van der Waals surface area contributed by atoms with Gasteiger partial charge in [0.05, 0.1) is 6.61 Å². The average Bonchev–Trinajstić information content (AvgIpc) is 2.08. The largest absolute Gasteiger partial charge is 0.466 e. The Bertz CT molecular complexity index is 279. The third-order valence-corrected chi connectivity index (χ3v) is 1.86. The molecule has 70 valence electrons. The van der Waals surface area contributed by atoms with Crippen molar-refractivity contribution in [2.45, 2.75) is 13.3 Å². The molecule has 0 saturated carbocycles. The molecule has 1 rings (SSSR count). The first kappa shape index (κ1) is 10.1. The molecule has 0 bridgehead atoms. The van der Waals surface area contributed by atoms with Crippen molar-refractivity contribution in [3.63, 3.8) is 0 Å². The van der Waals surface area contributed by atoms with E-state index in [2.05, 4.69) is 0 Å². The van der Waals surface area contributed by atoms with Crippen LogP contribution in [0, 0.1) is 0 Å². The Balaban J connectivity index is 2.37. The molecule has 0 aliphatic heterocycles. The van der Waals surface area contributed by atoms with Crippen molar-refractivity contribution in [1.29, 1.82) is 0 Å². The van der Waals surface area contributed by atoms with E-state index in [0.29, 0.717) is 6.61 Å². The number of esters is 1. The zero-order valence-electron chi connectivity index (χ0n) is 7.42. The van der Waals surface area contributed by atoms with Gasteiger partial charge in [0.15, 0.2) is 0 Å². The summed E-state index contributed by atoms with van der Waals surface area (Å²) in [6, 6.07) is 7.49. The molecule has 0 N–H and O–H groups in total. The fourth-order valence-electron chi connectivity index (χ4n) is 0.964. The topological polar surface area (TPSA) is 26.3 Å². The molecule has 0 spiro atoms. The molecule has 0 atom stereocenters. The molecule has 1 aromatic rings. The predicted octanol–water partition coefficient (Wildman–Crippen LogP) is 2.45. The molecular weight excluding hydrogens is 188 g/mol. The van der Waals surface area contributed by atoms with Gasteiger partial charge in [0.1, 0.15) is 0 Å². The Morgan fingerprint density at radius 1 is 1.38 bits per heavy atom. The predicted molar refractivity (Wildman–Crippen MR) is 51.8 cm³/mol. The van der Waals surface area contributed by atoms with Crippen LogP contribution in [0.1, 0.15) is 12.5 Å². The van der Waals surface area contributed by atoms with E-state index in [1.807, 2.05) is 24.3 Å². The highest BCUT2D eigenvalue weighted by molar-refractivity contribution is 6.30. The van der Waals surface area contributed by atoms with Crippen LogP contribution < -0.4 is 0 Å². The molecule has 0 fully saturated rings. The Morgan fingerprint density at radius 3 is 2.54 bits per heavy atom. The third-order valence-electron chi connectivity index (χ3n) is 1.61. The van der Waals surface area contributed by atoms with Crippen molar-refractivity contribution in [2.24, 2.45) is 0 Å². The zero-order valence-corrected chi connectivity index (χ0v) is 8.17. The van der Waals surface area contributed by atoms with E-state index in [9.17, 15) is 4.79 Å². The van der Waals surface area contributed by atoms with Crippen molar-refractivity contribution in [3.8, 4) is 0 Å². The second kappa shape index (κ2) is 4.87. The molecule has 2 nitrogen and oxygen atoms in total. The molecule has 0 heterocycles. The normalized spacial score (nSPS) is 9.69. The van der Waals surface area contributed by atoms with Gasteiger partial charge in [-0.15, -0.1) is 0 Å². The number of benzene rings is 1. The van der Waals surface area contributed by atoms with Crippen molar-refractivity contribution in [2.75, 3.05) is 6.61 Å². The van der Waals surface area contributed by atoms with Crippen LogP contribution >= 0.6 is 11.6 Å². The Hall–Kier alpha value is -1.02. The summed E-state index contributed by atoms with van der Waals surface area (Å²) in [6.07, 6.45) is 0.733. The monoisotopic (exact) mass is 198 g/mol. The Kier molecular flexibility index (Phi) is 3.77. The van der Waals surface area contributed by atoms with E-state index in [4.69, 9.17) is 16.3 Å². The smallest absolute Gasteiger partial charge is 0.302 e. The number of hydrogen-bond donors (Lipinski definition) is 0. The third kappa shape index (κ3) is 3.95. The quantitative estimate of drug-likeness (QED) is 0.698. The van der Waals surface area contributed by atoms with Crippen molar-refractivity contribution < 1.29 is 9.53 Å². The molecule has 0 unspecified atom stereocenters. The number of rotatable bonds is 3. The van der Waals surface area contributed by atoms with Crippen molar-refractivity contribution in [3.05, 3.63) is 34.9 Å². The molecule has 0 aromatic heterocycles. The highest BCUT2D eigenvalue weighted by Gasteiger charge is 1.95. The van der Waals surface area contributed by atoms with Crippen LogP contribution in [-0.2, 0) is 16.0 Å². The number of ether oxygens (including phenoxy) is 1. The van der Waals surface area contributed by atoms with Crippen molar-refractivity contribution in [1.82, 2.24) is 0 Å². The minimum absolute atomic E-state index is 0.242. The minimum atomic E-state index is -0.242. The molecule has 1 aromatic carbocycles. The van der Waals surface area contributed by atoms with Gasteiger partial charge in [-0.05, 0) is 17.7 Å². The molecule has 0 amide bonds. The second-order valence-corrected chi connectivity index (χ2v) is 3.15. The highest BCUT2D eigenvalue weighted by Crippen LogP contribution is 2.09. The van der Waals surface area contributed by atoms with Crippen LogP contribution in [0.5, 0.6) is 0 Å². The summed E-state index contributed by atoms with van der Waals surface area (Å²) >= 11 is 5.71. The standard InChI is InChI=1S/C10H11ClO2/c1-8(12)13-7-6-9-2-4-10(11)5-3-9/h2-5H,6-7H2,1H3. The van der Waals surface area contributed by atoms with Crippen LogP contribution in [-0.4, -0.2) is 12.6 Å². The van der Waals surface area contributed by atoms with Gasteiger partial charge in [0.25, 0.3) is 0 Å². The number of halogens is 1. The molecule has 13 heavy (non-hydrogen) atoms. The Labute approximate surface area is 82.5 Å². The maximum Gasteiger partial charge on any atom is 0.302 e. The molecule has 0 aliphatic carbocycles. The van der Waals surface area contributed by atoms with Crippen LogP contribution in [0.15, 0.2) is 24.3 Å². The zero-order chi connectivity index (χ0) is 9.68. The first-order chi connectivity index (χ1) is 6.18. The van der Waals surface area contributed by atoms with Gasteiger partial charge in [-0.25, -0.2) is 0 Å². The summed E-state index contributed by atoms with van der Waals surface area (Å²) in [5.41, 5.74) is 1.12. The lowest BCUT2D eigenvalue weighted by Crippen LogP contribution is -2.02. The molecule has 0 saturated heterocycles. The molecule has 0 aliphatic rings. The van der Waals surface area contributed by atoms with Crippen molar-refractivity contribution >= 4 is 17.6 Å².